The zero-order chi connectivity index (χ0) is 17.2. The Bertz CT molecular complexity index is 298. The second kappa shape index (κ2) is 11.4. The smallest absolute Gasteiger partial charge is 0.0788 e. The lowest BCUT2D eigenvalue weighted by Crippen LogP contribution is -2.40. The molecule has 2 aliphatic carbocycles. The molecule has 0 heterocycles. The van der Waals surface area contributed by atoms with E-state index in [1.165, 1.54) is 51.4 Å². The van der Waals surface area contributed by atoms with Gasteiger partial charge in [-0.1, -0.05) is 12.8 Å². The normalized spacial score (nSPS) is 32.6. The first-order valence-electron chi connectivity index (χ1n) is 10.2. The number of hydrogen-bond acceptors (Lipinski definition) is 5. The van der Waals surface area contributed by atoms with Gasteiger partial charge in [0.1, 0.15) is 0 Å². The first kappa shape index (κ1) is 20.1. The molecule has 2 aliphatic rings. The van der Waals surface area contributed by atoms with E-state index in [2.05, 4.69) is 10.6 Å². The largest absolute Gasteiger partial charge is 0.390 e. The average molecular weight is 341 g/mol. The Labute approximate surface area is 148 Å². The predicted octanol–water partition coefficient (Wildman–Crippen LogP) is 1.06. The molecule has 0 aromatic carbocycles. The van der Waals surface area contributed by atoms with Crippen molar-refractivity contribution in [1.29, 1.82) is 0 Å². The van der Waals surface area contributed by atoms with E-state index in [1.807, 2.05) is 0 Å². The maximum absolute atomic E-state index is 10.1. The van der Waals surface area contributed by atoms with Gasteiger partial charge in [-0.2, -0.15) is 0 Å². The Kier molecular flexibility index (Phi) is 9.57. The first-order valence-corrected chi connectivity index (χ1v) is 10.2. The van der Waals surface area contributed by atoms with Gasteiger partial charge in [0, 0.05) is 13.1 Å². The Balaban J connectivity index is 1.50. The number of rotatable bonds is 10. The summed E-state index contributed by atoms with van der Waals surface area (Å²) in [4.78, 5) is 0. The lowest BCUT2D eigenvalue weighted by atomic mass is 9.81. The highest BCUT2D eigenvalue weighted by atomic mass is 16.3. The summed E-state index contributed by atoms with van der Waals surface area (Å²) in [6.45, 7) is 5.08. The van der Waals surface area contributed by atoms with Crippen molar-refractivity contribution in [2.24, 2.45) is 35.1 Å². The van der Waals surface area contributed by atoms with Gasteiger partial charge in [0.2, 0.25) is 0 Å². The molecule has 4 atom stereocenters. The minimum absolute atomic E-state index is 0.298. The van der Waals surface area contributed by atoms with Gasteiger partial charge in [-0.3, -0.25) is 0 Å². The van der Waals surface area contributed by atoms with Crippen LogP contribution < -0.4 is 22.1 Å². The monoisotopic (exact) mass is 340 g/mol. The molecule has 0 aromatic heterocycles. The molecule has 0 aliphatic heterocycles. The molecule has 2 saturated carbocycles. The molecule has 5 nitrogen and oxygen atoms in total. The van der Waals surface area contributed by atoms with E-state index in [0.717, 1.165) is 38.0 Å². The topological polar surface area (TPSA) is 96.3 Å². The fourth-order valence-electron chi connectivity index (χ4n) is 4.58. The highest BCUT2D eigenvalue weighted by Gasteiger charge is 2.22. The molecule has 142 valence electrons. The zero-order valence-electron chi connectivity index (χ0n) is 15.4. The van der Waals surface area contributed by atoms with Crippen molar-refractivity contribution in [2.75, 3.05) is 39.3 Å². The van der Waals surface area contributed by atoms with Crippen LogP contribution in [0.5, 0.6) is 0 Å². The standard InChI is InChI=1S/C19H40N4O/c20-9-15-3-1-5-17(7-15)11-22-13-19(24)14-23-12-18-6-2-4-16(8-18)10-21/h15-19,22-24H,1-14,20-21H2. The third-order valence-electron chi connectivity index (χ3n) is 6.08. The van der Waals surface area contributed by atoms with E-state index in [-0.39, 0.29) is 6.10 Å². The first-order chi connectivity index (χ1) is 11.7. The van der Waals surface area contributed by atoms with E-state index >= 15 is 0 Å². The van der Waals surface area contributed by atoms with E-state index in [4.69, 9.17) is 11.5 Å². The van der Waals surface area contributed by atoms with Crippen LogP contribution in [0.25, 0.3) is 0 Å². The molecule has 24 heavy (non-hydrogen) atoms. The molecule has 4 unspecified atom stereocenters. The van der Waals surface area contributed by atoms with E-state index in [0.29, 0.717) is 24.9 Å². The summed E-state index contributed by atoms with van der Waals surface area (Å²) in [6, 6.07) is 0. The summed E-state index contributed by atoms with van der Waals surface area (Å²) in [7, 11) is 0. The van der Waals surface area contributed by atoms with Crippen LogP contribution in [0.3, 0.4) is 0 Å². The predicted molar refractivity (Wildman–Crippen MR) is 101 cm³/mol. The van der Waals surface area contributed by atoms with Gasteiger partial charge in [0.05, 0.1) is 6.10 Å². The molecular formula is C19H40N4O. The molecular weight excluding hydrogens is 300 g/mol. The number of aliphatic hydroxyl groups excluding tert-OH is 1. The lowest BCUT2D eigenvalue weighted by Gasteiger charge is -2.29. The summed E-state index contributed by atoms with van der Waals surface area (Å²) >= 11 is 0. The minimum Gasteiger partial charge on any atom is -0.390 e. The second-order valence-electron chi connectivity index (χ2n) is 8.24. The van der Waals surface area contributed by atoms with Crippen LogP contribution in [0.1, 0.15) is 51.4 Å². The SMILES string of the molecule is NCC1CCCC(CNCC(O)CNCC2CCCC(CN)C2)C1. The van der Waals surface area contributed by atoms with Crippen molar-refractivity contribution < 1.29 is 5.11 Å². The number of hydrogen-bond donors (Lipinski definition) is 5. The van der Waals surface area contributed by atoms with Crippen LogP contribution in [-0.2, 0) is 0 Å². The maximum atomic E-state index is 10.1. The summed E-state index contributed by atoms with van der Waals surface area (Å²) < 4.78 is 0. The quantitative estimate of drug-likeness (QED) is 0.410. The molecule has 2 fully saturated rings. The van der Waals surface area contributed by atoms with Gasteiger partial charge in [-0.05, 0) is 88.4 Å². The van der Waals surface area contributed by atoms with Gasteiger partial charge in [-0.15, -0.1) is 0 Å². The van der Waals surface area contributed by atoms with Gasteiger partial charge in [0.25, 0.3) is 0 Å². The van der Waals surface area contributed by atoms with Gasteiger partial charge in [-0.25, -0.2) is 0 Å². The fourth-order valence-corrected chi connectivity index (χ4v) is 4.58. The zero-order valence-corrected chi connectivity index (χ0v) is 15.4. The van der Waals surface area contributed by atoms with E-state index in [1.54, 1.807) is 0 Å². The van der Waals surface area contributed by atoms with Gasteiger partial charge in [0.15, 0.2) is 0 Å². The summed E-state index contributed by atoms with van der Waals surface area (Å²) in [5, 5.41) is 17.1. The number of aliphatic hydroxyl groups is 1. The van der Waals surface area contributed by atoms with Crippen molar-refractivity contribution in [2.45, 2.75) is 57.5 Å². The van der Waals surface area contributed by atoms with Gasteiger partial charge >= 0.3 is 0 Å². The number of nitrogens with two attached hydrogens (primary N) is 2. The maximum Gasteiger partial charge on any atom is 0.0788 e. The van der Waals surface area contributed by atoms with Crippen LogP contribution in [0.4, 0.5) is 0 Å². The summed E-state index contributed by atoms with van der Waals surface area (Å²) in [6.07, 6.45) is 10.0. The average Bonchev–Trinajstić information content (AvgIpc) is 2.62. The summed E-state index contributed by atoms with van der Waals surface area (Å²) in [5.41, 5.74) is 11.6. The van der Waals surface area contributed by atoms with Crippen molar-refractivity contribution in [3.05, 3.63) is 0 Å². The highest BCUT2D eigenvalue weighted by molar-refractivity contribution is 4.77. The molecule has 0 aromatic rings. The van der Waals surface area contributed by atoms with E-state index < -0.39 is 0 Å². The Morgan fingerprint density at radius 1 is 0.750 bits per heavy atom. The molecule has 2 rings (SSSR count). The molecule has 0 spiro atoms. The lowest BCUT2D eigenvalue weighted by molar-refractivity contribution is 0.158. The second-order valence-corrected chi connectivity index (χ2v) is 8.24. The molecule has 5 heteroatoms. The Morgan fingerprint density at radius 3 is 1.58 bits per heavy atom. The molecule has 0 saturated heterocycles. The van der Waals surface area contributed by atoms with Crippen molar-refractivity contribution in [3.63, 3.8) is 0 Å². The van der Waals surface area contributed by atoms with Crippen LogP contribution in [-0.4, -0.2) is 50.5 Å². The third-order valence-corrected chi connectivity index (χ3v) is 6.08. The Hall–Kier alpha value is -0.200. The van der Waals surface area contributed by atoms with E-state index in [9.17, 15) is 5.11 Å². The van der Waals surface area contributed by atoms with Crippen molar-refractivity contribution in [1.82, 2.24) is 10.6 Å². The Morgan fingerprint density at radius 2 is 1.17 bits per heavy atom. The molecule has 0 radical (unpaired) electrons. The summed E-state index contributed by atoms with van der Waals surface area (Å²) in [5.74, 6) is 2.90. The van der Waals surface area contributed by atoms with Gasteiger partial charge < -0.3 is 27.2 Å². The van der Waals surface area contributed by atoms with Crippen LogP contribution in [0.2, 0.25) is 0 Å². The van der Waals surface area contributed by atoms with Crippen molar-refractivity contribution >= 4 is 0 Å². The molecule has 0 amide bonds. The van der Waals surface area contributed by atoms with Crippen LogP contribution in [0, 0.1) is 23.7 Å². The highest BCUT2D eigenvalue weighted by Crippen LogP contribution is 2.28. The van der Waals surface area contributed by atoms with Crippen LogP contribution in [0.15, 0.2) is 0 Å². The molecule has 7 N–H and O–H groups in total. The fraction of sp³-hybridized carbons (Fsp3) is 1.00. The number of nitrogens with one attached hydrogen (secondary N) is 2. The minimum atomic E-state index is -0.298. The van der Waals surface area contributed by atoms with Crippen molar-refractivity contribution in [3.8, 4) is 0 Å². The third kappa shape index (κ3) is 7.36. The van der Waals surface area contributed by atoms with Crippen LogP contribution >= 0.6 is 0 Å². The molecule has 0 bridgehead atoms.